The monoisotopic (exact) mass is 640 g/mol. The van der Waals surface area contributed by atoms with Gasteiger partial charge in [-0.25, -0.2) is 0 Å². The molecule has 2 unspecified atom stereocenters. The van der Waals surface area contributed by atoms with E-state index in [1.165, 1.54) is 128 Å². The molecule has 0 saturated carbocycles. The maximum Gasteiger partial charge on any atom is 0.306 e. The largest absolute Gasteiger partial charge is 0.462 e. The van der Waals surface area contributed by atoms with E-state index in [4.69, 9.17) is 15.2 Å². The van der Waals surface area contributed by atoms with Crippen molar-refractivity contribution in [2.45, 2.75) is 232 Å². The molecule has 45 heavy (non-hydrogen) atoms. The number of hydrogen-bond acceptors (Lipinski definition) is 6. The summed E-state index contributed by atoms with van der Waals surface area (Å²) in [6, 6.07) is 0. The fraction of sp³-hybridized carbons (Fsp3) is 0.949. The smallest absolute Gasteiger partial charge is 0.306 e. The van der Waals surface area contributed by atoms with Crippen LogP contribution in [0.15, 0.2) is 0 Å². The van der Waals surface area contributed by atoms with Crippen LogP contribution in [0.5, 0.6) is 0 Å². The van der Waals surface area contributed by atoms with Crippen LogP contribution in [0.2, 0.25) is 0 Å². The van der Waals surface area contributed by atoms with Crippen molar-refractivity contribution < 1.29 is 24.2 Å². The summed E-state index contributed by atoms with van der Waals surface area (Å²) in [5.41, 5.74) is 5.23. The standard InChI is InChI=1S/C39H77NO5/c1-5-7-9-11-13-15-17-19-21-23-25-27-29-31-37(42)44-34-35(33-36(41)39(3,4)40)45-38(43)32-30-28-26-24-22-20-18-16-14-12-10-8-6-2/h35-36,41H,5-34,40H2,1-4H3. The van der Waals surface area contributed by atoms with E-state index in [-0.39, 0.29) is 25.0 Å². The predicted octanol–water partition coefficient (Wildman–Crippen LogP) is 10.9. The molecule has 0 rings (SSSR count). The van der Waals surface area contributed by atoms with Gasteiger partial charge in [0.15, 0.2) is 0 Å². The zero-order chi connectivity index (χ0) is 33.4. The Kier molecular flexibility index (Phi) is 30.7. The van der Waals surface area contributed by atoms with Gasteiger partial charge in [-0.15, -0.1) is 0 Å². The molecule has 6 heteroatoms. The van der Waals surface area contributed by atoms with Crippen LogP contribution in [0.1, 0.15) is 214 Å². The number of hydrogen-bond donors (Lipinski definition) is 2. The Morgan fingerprint density at radius 1 is 0.556 bits per heavy atom. The van der Waals surface area contributed by atoms with Crippen molar-refractivity contribution in [1.82, 2.24) is 0 Å². The van der Waals surface area contributed by atoms with Crippen LogP contribution < -0.4 is 5.73 Å². The maximum absolute atomic E-state index is 12.6. The van der Waals surface area contributed by atoms with E-state index in [0.717, 1.165) is 38.5 Å². The van der Waals surface area contributed by atoms with Gasteiger partial charge in [0, 0.05) is 24.8 Å². The SMILES string of the molecule is CCCCCCCCCCCCCCCC(=O)OCC(CC(O)C(C)(C)N)OC(=O)CCCCCCCCCCCCCCC. The lowest BCUT2D eigenvalue weighted by Crippen LogP contribution is -2.47. The second kappa shape index (κ2) is 31.5. The van der Waals surface area contributed by atoms with Gasteiger partial charge in [0.1, 0.15) is 12.7 Å². The summed E-state index contributed by atoms with van der Waals surface area (Å²) in [6.45, 7) is 7.97. The number of ether oxygens (including phenoxy) is 2. The Morgan fingerprint density at radius 2 is 0.867 bits per heavy atom. The summed E-state index contributed by atoms with van der Waals surface area (Å²) < 4.78 is 11.1. The minimum atomic E-state index is -0.869. The van der Waals surface area contributed by atoms with Crippen LogP contribution in [-0.2, 0) is 19.1 Å². The number of nitrogens with two attached hydrogens (primary N) is 1. The number of aliphatic hydroxyl groups excluding tert-OH is 1. The third-order valence-electron chi connectivity index (χ3n) is 9.04. The van der Waals surface area contributed by atoms with E-state index in [1.54, 1.807) is 13.8 Å². The van der Waals surface area contributed by atoms with E-state index in [2.05, 4.69) is 13.8 Å². The van der Waals surface area contributed by atoms with Crippen LogP contribution >= 0.6 is 0 Å². The highest BCUT2D eigenvalue weighted by molar-refractivity contribution is 5.70. The molecule has 0 spiro atoms. The lowest BCUT2D eigenvalue weighted by Gasteiger charge is -2.29. The molecule has 0 aromatic heterocycles. The number of rotatable bonds is 34. The molecule has 0 radical (unpaired) electrons. The van der Waals surface area contributed by atoms with E-state index >= 15 is 0 Å². The first-order chi connectivity index (χ1) is 21.7. The van der Waals surface area contributed by atoms with Crippen molar-refractivity contribution >= 4 is 11.9 Å². The second-order valence-corrected chi connectivity index (χ2v) is 14.4. The number of unbranched alkanes of at least 4 members (excludes halogenated alkanes) is 24. The van der Waals surface area contributed by atoms with Gasteiger partial charge in [-0.3, -0.25) is 9.59 Å². The number of carbonyl (C=O) groups is 2. The molecule has 0 aliphatic rings. The molecular weight excluding hydrogens is 562 g/mol. The zero-order valence-corrected chi connectivity index (χ0v) is 30.5. The molecule has 0 aliphatic heterocycles. The lowest BCUT2D eigenvalue weighted by molar-refractivity contribution is -0.161. The maximum atomic E-state index is 12.6. The van der Waals surface area contributed by atoms with Crippen LogP contribution in [-0.4, -0.2) is 41.4 Å². The van der Waals surface area contributed by atoms with E-state index in [9.17, 15) is 14.7 Å². The van der Waals surface area contributed by atoms with Crippen LogP contribution in [0.4, 0.5) is 0 Å². The quantitative estimate of drug-likeness (QED) is 0.0537. The fourth-order valence-corrected chi connectivity index (χ4v) is 5.78. The van der Waals surface area contributed by atoms with Gasteiger partial charge in [-0.05, 0) is 26.7 Å². The van der Waals surface area contributed by atoms with Crippen LogP contribution in [0.3, 0.4) is 0 Å². The van der Waals surface area contributed by atoms with E-state index in [0.29, 0.717) is 12.8 Å². The molecule has 0 fully saturated rings. The highest BCUT2D eigenvalue weighted by Crippen LogP contribution is 2.17. The first-order valence-corrected chi connectivity index (χ1v) is 19.5. The van der Waals surface area contributed by atoms with Gasteiger partial charge in [0.25, 0.3) is 0 Å². The first kappa shape index (κ1) is 43.9. The van der Waals surface area contributed by atoms with Gasteiger partial charge >= 0.3 is 11.9 Å². The summed E-state index contributed by atoms with van der Waals surface area (Å²) in [5.74, 6) is -0.560. The van der Waals surface area contributed by atoms with Gasteiger partial charge in [0.05, 0.1) is 6.10 Å². The van der Waals surface area contributed by atoms with Gasteiger partial charge in [-0.1, -0.05) is 168 Å². The highest BCUT2D eigenvalue weighted by Gasteiger charge is 2.28. The number of aliphatic hydroxyl groups is 1. The van der Waals surface area contributed by atoms with Gasteiger partial charge in [0.2, 0.25) is 0 Å². The Morgan fingerprint density at radius 3 is 1.20 bits per heavy atom. The summed E-state index contributed by atoms with van der Waals surface area (Å²) >= 11 is 0. The molecule has 3 N–H and O–H groups in total. The van der Waals surface area contributed by atoms with Crippen molar-refractivity contribution in [2.75, 3.05) is 6.61 Å². The Bertz CT molecular complexity index is 662. The second-order valence-electron chi connectivity index (χ2n) is 14.4. The third kappa shape index (κ3) is 31.2. The number of esters is 2. The highest BCUT2D eigenvalue weighted by atomic mass is 16.6. The van der Waals surface area contributed by atoms with Crippen molar-refractivity contribution in [3.8, 4) is 0 Å². The molecule has 0 aliphatic carbocycles. The summed E-state index contributed by atoms with van der Waals surface area (Å²) in [4.78, 5) is 24.9. The normalized spacial score (nSPS) is 13.1. The van der Waals surface area contributed by atoms with Gasteiger partial charge in [-0.2, -0.15) is 0 Å². The average Bonchev–Trinajstić information content (AvgIpc) is 3.00. The topological polar surface area (TPSA) is 98.8 Å². The fourth-order valence-electron chi connectivity index (χ4n) is 5.78. The predicted molar refractivity (Wildman–Crippen MR) is 190 cm³/mol. The third-order valence-corrected chi connectivity index (χ3v) is 9.04. The summed E-state index contributed by atoms with van der Waals surface area (Å²) in [5, 5.41) is 10.5. The van der Waals surface area contributed by atoms with Crippen molar-refractivity contribution in [1.29, 1.82) is 0 Å². The molecule has 6 nitrogen and oxygen atoms in total. The molecule has 0 aromatic rings. The van der Waals surface area contributed by atoms with Gasteiger partial charge < -0.3 is 20.3 Å². The average molecular weight is 640 g/mol. The molecular formula is C39H77NO5. The Balaban J connectivity index is 4.05. The molecule has 0 saturated heterocycles. The Hall–Kier alpha value is -1.14. The van der Waals surface area contributed by atoms with Crippen molar-refractivity contribution in [2.24, 2.45) is 5.73 Å². The molecule has 0 aromatic carbocycles. The van der Waals surface area contributed by atoms with E-state index < -0.39 is 17.7 Å². The minimum absolute atomic E-state index is 0.0330. The molecule has 0 heterocycles. The number of carbonyl (C=O) groups excluding carboxylic acids is 2. The first-order valence-electron chi connectivity index (χ1n) is 19.5. The Labute approximate surface area is 279 Å². The molecule has 2 atom stereocenters. The zero-order valence-electron chi connectivity index (χ0n) is 30.5. The van der Waals surface area contributed by atoms with Crippen LogP contribution in [0.25, 0.3) is 0 Å². The van der Waals surface area contributed by atoms with E-state index in [1.807, 2.05) is 0 Å². The molecule has 0 amide bonds. The lowest BCUT2D eigenvalue weighted by atomic mass is 9.94. The van der Waals surface area contributed by atoms with Crippen molar-refractivity contribution in [3.05, 3.63) is 0 Å². The van der Waals surface area contributed by atoms with Crippen molar-refractivity contribution in [3.63, 3.8) is 0 Å². The van der Waals surface area contributed by atoms with Crippen LogP contribution in [0, 0.1) is 0 Å². The summed E-state index contributed by atoms with van der Waals surface area (Å²) in [6.07, 6.45) is 32.0. The molecule has 0 bridgehead atoms. The summed E-state index contributed by atoms with van der Waals surface area (Å²) in [7, 11) is 0. The minimum Gasteiger partial charge on any atom is -0.462 e. The molecule has 268 valence electrons.